The summed E-state index contributed by atoms with van der Waals surface area (Å²) in [6.07, 6.45) is 0. The van der Waals surface area contributed by atoms with Crippen molar-refractivity contribution in [2.24, 2.45) is 0 Å². The van der Waals surface area contributed by atoms with E-state index in [1.54, 1.807) is 24.3 Å². The van der Waals surface area contributed by atoms with E-state index in [1.165, 1.54) is 0 Å². The van der Waals surface area contributed by atoms with Crippen molar-refractivity contribution in [3.05, 3.63) is 52.7 Å². The number of carbonyl (C=O) groups is 1. The van der Waals surface area contributed by atoms with E-state index in [9.17, 15) is 4.79 Å². The predicted octanol–water partition coefficient (Wildman–Crippen LogP) is 3.73. The first kappa shape index (κ1) is 14.3. The molecule has 1 aromatic heterocycles. The number of halogens is 1. The highest BCUT2D eigenvalue weighted by Crippen LogP contribution is 2.23. The largest absolute Gasteiger partial charge is 0.370 e. The zero-order valence-corrected chi connectivity index (χ0v) is 12.2. The van der Waals surface area contributed by atoms with Gasteiger partial charge < -0.3 is 10.6 Å². The Hall–Kier alpha value is -2.07. The standard InChI is InChI=1S/C15H16ClN3O/c1-3-17-14-9-5-8-13(18-14)15(20)19-12-7-4-6-11(16)10(12)2/h4-9H,3H2,1-2H3,(H,17,18)(H,19,20). The van der Waals surface area contributed by atoms with Crippen LogP contribution in [-0.4, -0.2) is 17.4 Å². The van der Waals surface area contributed by atoms with Gasteiger partial charge in [-0.2, -0.15) is 0 Å². The molecule has 1 amide bonds. The first-order chi connectivity index (χ1) is 9.61. The Bertz CT molecular complexity index is 628. The lowest BCUT2D eigenvalue weighted by molar-refractivity contribution is 0.102. The van der Waals surface area contributed by atoms with Gasteiger partial charge in [-0.15, -0.1) is 0 Å². The molecule has 0 saturated carbocycles. The van der Waals surface area contributed by atoms with Crippen LogP contribution in [0.3, 0.4) is 0 Å². The molecule has 1 aromatic carbocycles. The van der Waals surface area contributed by atoms with Crippen molar-refractivity contribution < 1.29 is 4.79 Å². The minimum Gasteiger partial charge on any atom is -0.370 e. The average molecular weight is 290 g/mol. The molecule has 0 unspecified atom stereocenters. The van der Waals surface area contributed by atoms with Crippen molar-refractivity contribution >= 4 is 29.0 Å². The number of nitrogens with one attached hydrogen (secondary N) is 2. The summed E-state index contributed by atoms with van der Waals surface area (Å²) in [4.78, 5) is 16.4. The smallest absolute Gasteiger partial charge is 0.274 e. The van der Waals surface area contributed by atoms with E-state index in [0.29, 0.717) is 22.2 Å². The molecule has 104 valence electrons. The number of aromatic nitrogens is 1. The maximum absolute atomic E-state index is 12.2. The molecule has 0 radical (unpaired) electrons. The SMILES string of the molecule is CCNc1cccc(C(=O)Nc2cccc(Cl)c2C)n1. The lowest BCUT2D eigenvalue weighted by Gasteiger charge is -2.10. The van der Waals surface area contributed by atoms with Crippen LogP contribution in [0, 0.1) is 6.92 Å². The fourth-order valence-electron chi connectivity index (χ4n) is 1.77. The first-order valence-corrected chi connectivity index (χ1v) is 6.77. The Kier molecular flexibility index (Phi) is 4.58. The van der Waals surface area contributed by atoms with Crippen LogP contribution in [0.4, 0.5) is 11.5 Å². The van der Waals surface area contributed by atoms with Crippen LogP contribution < -0.4 is 10.6 Å². The topological polar surface area (TPSA) is 54.0 Å². The summed E-state index contributed by atoms with van der Waals surface area (Å²) in [5.41, 5.74) is 1.89. The highest BCUT2D eigenvalue weighted by atomic mass is 35.5. The molecular weight excluding hydrogens is 274 g/mol. The zero-order chi connectivity index (χ0) is 14.5. The Morgan fingerprint density at radius 3 is 2.75 bits per heavy atom. The molecule has 0 fully saturated rings. The molecule has 4 nitrogen and oxygen atoms in total. The summed E-state index contributed by atoms with van der Waals surface area (Å²) in [5.74, 6) is 0.429. The van der Waals surface area contributed by atoms with Crippen molar-refractivity contribution in [1.82, 2.24) is 4.98 Å². The number of benzene rings is 1. The van der Waals surface area contributed by atoms with Gasteiger partial charge in [0.05, 0.1) is 0 Å². The minimum atomic E-state index is -0.255. The number of hydrogen-bond acceptors (Lipinski definition) is 3. The van der Waals surface area contributed by atoms with Gasteiger partial charge in [-0.25, -0.2) is 4.98 Å². The van der Waals surface area contributed by atoms with Crippen molar-refractivity contribution in [1.29, 1.82) is 0 Å². The van der Waals surface area contributed by atoms with E-state index < -0.39 is 0 Å². The van der Waals surface area contributed by atoms with Crippen LogP contribution in [0.15, 0.2) is 36.4 Å². The van der Waals surface area contributed by atoms with E-state index >= 15 is 0 Å². The summed E-state index contributed by atoms with van der Waals surface area (Å²) in [6.45, 7) is 4.59. The first-order valence-electron chi connectivity index (χ1n) is 6.39. The van der Waals surface area contributed by atoms with E-state index in [1.807, 2.05) is 26.0 Å². The number of amides is 1. The molecule has 2 aromatic rings. The number of pyridine rings is 1. The molecule has 0 aliphatic heterocycles. The maximum atomic E-state index is 12.2. The Morgan fingerprint density at radius 2 is 2.00 bits per heavy atom. The normalized spacial score (nSPS) is 10.2. The van der Waals surface area contributed by atoms with E-state index in [2.05, 4.69) is 15.6 Å². The minimum absolute atomic E-state index is 0.255. The van der Waals surface area contributed by atoms with Gasteiger partial charge in [0.2, 0.25) is 0 Å². The number of rotatable bonds is 4. The highest BCUT2D eigenvalue weighted by molar-refractivity contribution is 6.31. The lowest BCUT2D eigenvalue weighted by Crippen LogP contribution is -2.15. The molecule has 20 heavy (non-hydrogen) atoms. The number of hydrogen-bond donors (Lipinski definition) is 2. The average Bonchev–Trinajstić information content (AvgIpc) is 2.44. The fraction of sp³-hybridized carbons (Fsp3) is 0.200. The molecule has 0 aliphatic carbocycles. The van der Waals surface area contributed by atoms with Crippen LogP contribution in [0.5, 0.6) is 0 Å². The molecular formula is C15H16ClN3O. The molecule has 0 atom stereocenters. The molecule has 5 heteroatoms. The summed E-state index contributed by atoms with van der Waals surface area (Å²) < 4.78 is 0. The molecule has 0 spiro atoms. The van der Waals surface area contributed by atoms with Crippen molar-refractivity contribution in [3.63, 3.8) is 0 Å². The van der Waals surface area contributed by atoms with Crippen LogP contribution >= 0.6 is 11.6 Å². The Balaban J connectivity index is 2.19. The number of nitrogens with zero attached hydrogens (tertiary/aromatic N) is 1. The fourth-order valence-corrected chi connectivity index (χ4v) is 1.94. The van der Waals surface area contributed by atoms with Gasteiger partial charge in [-0.3, -0.25) is 4.79 Å². The zero-order valence-electron chi connectivity index (χ0n) is 11.4. The second-order valence-electron chi connectivity index (χ2n) is 4.30. The van der Waals surface area contributed by atoms with E-state index in [4.69, 9.17) is 11.6 Å². The molecule has 0 saturated heterocycles. The third-order valence-electron chi connectivity index (χ3n) is 2.86. The number of carbonyl (C=O) groups excluding carboxylic acids is 1. The van der Waals surface area contributed by atoms with Crippen molar-refractivity contribution in [2.45, 2.75) is 13.8 Å². The van der Waals surface area contributed by atoms with Gasteiger partial charge >= 0.3 is 0 Å². The molecule has 0 bridgehead atoms. The van der Waals surface area contributed by atoms with Crippen LogP contribution in [0.1, 0.15) is 23.0 Å². The van der Waals surface area contributed by atoms with Gasteiger partial charge in [0, 0.05) is 17.3 Å². The van der Waals surface area contributed by atoms with Crippen molar-refractivity contribution in [3.8, 4) is 0 Å². The maximum Gasteiger partial charge on any atom is 0.274 e. The Morgan fingerprint density at radius 1 is 1.25 bits per heavy atom. The second kappa shape index (κ2) is 6.39. The van der Waals surface area contributed by atoms with Gasteiger partial charge in [-0.1, -0.05) is 23.7 Å². The second-order valence-corrected chi connectivity index (χ2v) is 4.71. The van der Waals surface area contributed by atoms with Gasteiger partial charge in [0.15, 0.2) is 0 Å². The summed E-state index contributed by atoms with van der Waals surface area (Å²) in [6, 6.07) is 10.7. The van der Waals surface area contributed by atoms with E-state index in [0.717, 1.165) is 12.1 Å². The monoisotopic (exact) mass is 289 g/mol. The van der Waals surface area contributed by atoms with Gasteiger partial charge in [0.25, 0.3) is 5.91 Å². The van der Waals surface area contributed by atoms with Crippen LogP contribution in [0.25, 0.3) is 0 Å². The Labute approximate surface area is 123 Å². The third-order valence-corrected chi connectivity index (χ3v) is 3.26. The molecule has 2 rings (SSSR count). The van der Waals surface area contributed by atoms with Gasteiger partial charge in [-0.05, 0) is 43.7 Å². The summed E-state index contributed by atoms with van der Waals surface area (Å²) >= 11 is 6.03. The quantitative estimate of drug-likeness (QED) is 0.902. The van der Waals surface area contributed by atoms with Crippen molar-refractivity contribution in [2.75, 3.05) is 17.2 Å². The number of anilines is 2. The molecule has 2 N–H and O–H groups in total. The van der Waals surface area contributed by atoms with Gasteiger partial charge in [0.1, 0.15) is 11.5 Å². The van der Waals surface area contributed by atoms with Crippen LogP contribution in [-0.2, 0) is 0 Å². The summed E-state index contributed by atoms with van der Waals surface area (Å²) in [5, 5.41) is 6.52. The third kappa shape index (κ3) is 3.27. The molecule has 0 aliphatic rings. The highest BCUT2D eigenvalue weighted by Gasteiger charge is 2.10. The predicted molar refractivity (Wildman–Crippen MR) is 82.5 cm³/mol. The van der Waals surface area contributed by atoms with E-state index in [-0.39, 0.29) is 5.91 Å². The lowest BCUT2D eigenvalue weighted by atomic mass is 10.2. The summed E-state index contributed by atoms with van der Waals surface area (Å²) in [7, 11) is 0. The van der Waals surface area contributed by atoms with Crippen LogP contribution in [0.2, 0.25) is 5.02 Å². The molecule has 1 heterocycles.